The molecule has 0 aromatic rings. The number of alkyl halides is 14. The third-order valence-corrected chi connectivity index (χ3v) is 2.85. The minimum atomic E-state index is -8.65. The summed E-state index contributed by atoms with van der Waals surface area (Å²) >= 11 is 0. The molecule has 0 saturated carbocycles. The average Bonchev–Trinajstić information content (AvgIpc) is 2.45. The van der Waals surface area contributed by atoms with Crippen LogP contribution < -0.4 is 0 Å². The molecule has 0 fully saturated rings. The summed E-state index contributed by atoms with van der Waals surface area (Å²) in [5.74, 6) is -57.4. The Morgan fingerprint density at radius 3 is 0.852 bits per heavy atom. The maximum atomic E-state index is 12.9. The van der Waals surface area contributed by atoms with Crippen LogP contribution >= 0.6 is 0 Å². The van der Waals surface area contributed by atoms with Gasteiger partial charge in [0.2, 0.25) is 0 Å². The molecule has 0 rings (SSSR count). The Morgan fingerprint density at radius 1 is 0.407 bits per heavy atom. The molecule has 0 atom stereocenters. The van der Waals surface area contributed by atoms with Crippen molar-refractivity contribution in [2.75, 3.05) is 0 Å². The third kappa shape index (κ3) is 2.98. The summed E-state index contributed by atoms with van der Waals surface area (Å²) in [6.07, 6.45) is -5.07. The Labute approximate surface area is 135 Å². The van der Waals surface area contributed by atoms with Crippen molar-refractivity contribution < 1.29 is 79.4 Å². The van der Waals surface area contributed by atoms with Gasteiger partial charge in [-0.1, -0.05) is 0 Å². The minimum absolute atomic E-state index is 4.83. The van der Waals surface area contributed by atoms with Crippen molar-refractivity contribution in [1.82, 2.24) is 0 Å². The highest BCUT2D eigenvalue weighted by atomic mass is 19.4. The third-order valence-electron chi connectivity index (χ3n) is 2.85. The zero-order valence-electron chi connectivity index (χ0n) is 11.3. The van der Waals surface area contributed by atoms with Crippen molar-refractivity contribution in [3.8, 4) is 0 Å². The molecule has 0 aliphatic heterocycles. The maximum Gasteiger partial charge on any atom is 0.404 e. The molecule has 27 heavy (non-hydrogen) atoms. The predicted octanol–water partition coefficient (Wildman–Crippen LogP) is 5.36. The maximum absolute atomic E-state index is 12.9. The second-order valence-corrected chi connectivity index (χ2v) is 4.55. The molecule has 0 unspecified atom stereocenters. The van der Waals surface area contributed by atoms with Crippen LogP contribution in [0.5, 0.6) is 0 Å². The fourth-order valence-corrected chi connectivity index (χ4v) is 1.23. The highest BCUT2D eigenvalue weighted by Crippen LogP contribution is 2.63. The summed E-state index contributed by atoms with van der Waals surface area (Å²) < 4.78 is 213. The van der Waals surface area contributed by atoms with E-state index < -0.39 is 53.9 Å². The zero-order chi connectivity index (χ0) is 22.7. The minimum Gasteiger partial charge on any atom is -0.254 e. The lowest BCUT2D eigenvalue weighted by Crippen LogP contribution is -2.73. The van der Waals surface area contributed by atoms with Gasteiger partial charge in [-0.05, 0) is 0 Å². The van der Waals surface area contributed by atoms with Crippen LogP contribution in [0.25, 0.3) is 0 Å². The summed E-state index contributed by atoms with van der Waals surface area (Å²) in [4.78, 5) is 9.55. The van der Waals surface area contributed by atoms with Gasteiger partial charge in [-0.2, -0.15) is 74.6 Å². The van der Waals surface area contributed by atoms with Crippen molar-refractivity contribution in [2.45, 2.75) is 41.5 Å². The smallest absolute Gasteiger partial charge is 0.254 e. The van der Waals surface area contributed by atoms with Gasteiger partial charge in [-0.15, -0.1) is 0 Å². The normalized spacial score (nSPS) is 16.1. The highest BCUT2D eigenvalue weighted by molar-refractivity contribution is 5.78. The molecule has 18 heteroatoms. The van der Waals surface area contributed by atoms with Crippen LogP contribution in [-0.4, -0.2) is 47.5 Å². The molecule has 1 radical (unpaired) electrons. The molecule has 0 N–H and O–H groups in total. The van der Waals surface area contributed by atoms with Crippen molar-refractivity contribution in [2.24, 2.45) is 0 Å². The topological polar surface area (TPSA) is 17.1 Å². The molecule has 0 heterocycles. The Hall–Kier alpha value is -1.52. The van der Waals surface area contributed by atoms with Gasteiger partial charge in [0, 0.05) is 0 Å². The van der Waals surface area contributed by atoms with Gasteiger partial charge in [-0.25, -0.2) is 0 Å². The molecule has 161 valence electrons. The van der Waals surface area contributed by atoms with Crippen LogP contribution in [0.15, 0.2) is 0 Å². The van der Waals surface area contributed by atoms with Gasteiger partial charge >= 0.3 is 53.9 Å². The molecule has 0 aromatic heterocycles. The monoisotopic (exact) mass is 447 g/mol. The number of halogens is 17. The molecule has 1 nitrogen and oxygen atoms in total. The largest absolute Gasteiger partial charge is 0.404 e. The fraction of sp³-hybridized carbons (Fsp3) is 0.778. The van der Waals surface area contributed by atoms with Crippen LogP contribution in [-0.2, 0) is 4.79 Å². The first kappa shape index (κ1) is 25.5. The van der Waals surface area contributed by atoms with E-state index in [4.69, 9.17) is 0 Å². The molecule has 0 bridgehead atoms. The van der Waals surface area contributed by atoms with E-state index in [1.54, 1.807) is 0 Å². The van der Waals surface area contributed by atoms with Crippen molar-refractivity contribution in [1.29, 1.82) is 0 Å². The van der Waals surface area contributed by atoms with E-state index in [1.807, 2.05) is 0 Å². The molecule has 0 aliphatic rings. The van der Waals surface area contributed by atoms with Crippen LogP contribution in [0.1, 0.15) is 0 Å². The summed E-state index contributed by atoms with van der Waals surface area (Å²) in [6, 6.07) is -4.83. The van der Waals surface area contributed by atoms with Gasteiger partial charge < -0.3 is 0 Å². The number of carbonyl (C=O) groups excluding carboxylic acids is 1. The second kappa shape index (κ2) is 6.25. The van der Waals surface area contributed by atoms with Crippen molar-refractivity contribution >= 4 is 6.04 Å². The predicted molar refractivity (Wildman–Crippen MR) is 46.2 cm³/mol. The van der Waals surface area contributed by atoms with E-state index in [-0.39, 0.29) is 0 Å². The Morgan fingerprint density at radius 2 is 0.630 bits per heavy atom. The van der Waals surface area contributed by atoms with Crippen molar-refractivity contribution in [3.05, 3.63) is 6.43 Å². The highest BCUT2D eigenvalue weighted by Gasteiger charge is 2.94. The molecule has 0 amide bonds. The SMILES string of the molecule is O=C(F)C(F)(F)C(F)(F)C(F)(F)C(F)(F)C(F)(F)C(F)(F)C(F)(F)[C](F)F. The molecule has 0 spiro atoms. The zero-order valence-corrected chi connectivity index (χ0v) is 11.3. The first-order valence-electron chi connectivity index (χ1n) is 5.42. The summed E-state index contributed by atoms with van der Waals surface area (Å²) in [5, 5.41) is 0. The standard InChI is InChI=1S/C9F17O/c10-1(11)3(13,14)5(17,18)7(21,22)9(25,26)8(23,24)6(19,20)4(15,16)2(12)27. The molecule has 0 aliphatic carbocycles. The average molecular weight is 447 g/mol. The molecule has 0 saturated heterocycles. The molecule has 0 aromatic carbocycles. The first-order valence-corrected chi connectivity index (χ1v) is 5.42. The Kier molecular flexibility index (Phi) is 5.90. The molecular formula is C9F17O. The van der Waals surface area contributed by atoms with E-state index in [9.17, 15) is 79.4 Å². The van der Waals surface area contributed by atoms with E-state index >= 15 is 0 Å². The van der Waals surface area contributed by atoms with Crippen LogP contribution in [0.4, 0.5) is 74.6 Å². The lowest BCUT2D eigenvalue weighted by atomic mass is 9.89. The lowest BCUT2D eigenvalue weighted by Gasteiger charge is -2.41. The van der Waals surface area contributed by atoms with Gasteiger partial charge in [0.15, 0.2) is 0 Å². The molecular weight excluding hydrogens is 447 g/mol. The number of rotatable bonds is 8. The lowest BCUT2D eigenvalue weighted by molar-refractivity contribution is -0.439. The fourth-order valence-electron chi connectivity index (χ4n) is 1.23. The Balaban J connectivity index is 6.66. The number of carbonyl (C=O) groups is 1. The second-order valence-electron chi connectivity index (χ2n) is 4.55. The van der Waals surface area contributed by atoms with Gasteiger partial charge in [0.05, 0.1) is 0 Å². The quantitative estimate of drug-likeness (QED) is 0.362. The van der Waals surface area contributed by atoms with Crippen molar-refractivity contribution in [3.63, 3.8) is 0 Å². The van der Waals surface area contributed by atoms with Gasteiger partial charge in [0.25, 0.3) is 0 Å². The van der Waals surface area contributed by atoms with E-state index in [0.717, 1.165) is 0 Å². The summed E-state index contributed by atoms with van der Waals surface area (Å²) in [6.45, 7) is 0. The van der Waals surface area contributed by atoms with E-state index in [1.165, 1.54) is 0 Å². The van der Waals surface area contributed by atoms with Gasteiger partial charge in [-0.3, -0.25) is 4.79 Å². The van der Waals surface area contributed by atoms with E-state index in [2.05, 4.69) is 0 Å². The van der Waals surface area contributed by atoms with Crippen LogP contribution in [0.3, 0.4) is 0 Å². The summed E-state index contributed by atoms with van der Waals surface area (Å²) in [7, 11) is 0. The first-order chi connectivity index (χ1) is 11.4. The van der Waals surface area contributed by atoms with Gasteiger partial charge in [0.1, 0.15) is 0 Å². The van der Waals surface area contributed by atoms with E-state index in [0.29, 0.717) is 0 Å². The summed E-state index contributed by atoms with van der Waals surface area (Å²) in [5.41, 5.74) is 0. The number of hydrogen-bond acceptors (Lipinski definition) is 1. The number of hydrogen-bond donors (Lipinski definition) is 0. The van der Waals surface area contributed by atoms with Crippen LogP contribution in [0, 0.1) is 6.43 Å². The Bertz CT molecular complexity index is 575. The van der Waals surface area contributed by atoms with Crippen LogP contribution in [0.2, 0.25) is 0 Å².